The Bertz CT molecular complexity index is 854. The van der Waals surface area contributed by atoms with Crippen LogP contribution in [-0.4, -0.2) is 20.7 Å². The van der Waals surface area contributed by atoms with Crippen molar-refractivity contribution in [3.05, 3.63) is 59.2 Å². The van der Waals surface area contributed by atoms with E-state index < -0.39 is 10.0 Å². The van der Waals surface area contributed by atoms with Crippen molar-refractivity contribution >= 4 is 21.5 Å². The third-order valence-electron chi connectivity index (χ3n) is 4.25. The SMILES string of the molecule is CCc1ccc(S(=O)(=O)N2CCC(=O)c3cccc(C)c32)cc1. The fraction of sp³-hybridized carbons (Fsp3) is 0.278. The molecule has 0 fully saturated rings. The van der Waals surface area contributed by atoms with Crippen molar-refractivity contribution in [3.8, 4) is 0 Å². The minimum Gasteiger partial charge on any atom is -0.294 e. The zero-order chi connectivity index (χ0) is 16.6. The zero-order valence-corrected chi connectivity index (χ0v) is 14.1. The van der Waals surface area contributed by atoms with Crippen LogP contribution >= 0.6 is 0 Å². The molecule has 3 rings (SSSR count). The van der Waals surface area contributed by atoms with E-state index in [1.54, 1.807) is 24.3 Å². The van der Waals surface area contributed by atoms with Crippen molar-refractivity contribution in [2.24, 2.45) is 0 Å². The summed E-state index contributed by atoms with van der Waals surface area (Å²) in [6, 6.07) is 12.3. The van der Waals surface area contributed by atoms with E-state index in [2.05, 4.69) is 0 Å². The number of ketones is 1. The number of hydrogen-bond acceptors (Lipinski definition) is 3. The smallest absolute Gasteiger partial charge is 0.264 e. The van der Waals surface area contributed by atoms with Crippen molar-refractivity contribution in [1.29, 1.82) is 0 Å². The third kappa shape index (κ3) is 2.65. The molecule has 5 heteroatoms. The van der Waals surface area contributed by atoms with Crippen LogP contribution in [0.25, 0.3) is 0 Å². The monoisotopic (exact) mass is 329 g/mol. The van der Waals surface area contributed by atoms with E-state index in [9.17, 15) is 13.2 Å². The standard InChI is InChI=1S/C18H19NO3S/c1-3-14-7-9-15(10-8-14)23(21,22)19-12-11-17(20)16-6-4-5-13(2)18(16)19/h4-10H,3,11-12H2,1-2H3. The lowest BCUT2D eigenvalue weighted by atomic mass is 9.99. The summed E-state index contributed by atoms with van der Waals surface area (Å²) in [4.78, 5) is 12.4. The number of aryl methyl sites for hydroxylation is 2. The molecule has 0 unspecified atom stereocenters. The molecule has 0 bridgehead atoms. The lowest BCUT2D eigenvalue weighted by Crippen LogP contribution is -2.38. The molecule has 120 valence electrons. The Hall–Kier alpha value is -2.14. The van der Waals surface area contributed by atoms with Gasteiger partial charge in [0.25, 0.3) is 10.0 Å². The molecule has 0 saturated heterocycles. The van der Waals surface area contributed by atoms with Crippen LogP contribution in [0, 0.1) is 6.92 Å². The number of sulfonamides is 1. The van der Waals surface area contributed by atoms with Crippen LogP contribution in [0.2, 0.25) is 0 Å². The molecular weight excluding hydrogens is 310 g/mol. The minimum atomic E-state index is -3.67. The van der Waals surface area contributed by atoms with Crippen molar-refractivity contribution in [2.75, 3.05) is 10.8 Å². The Kier molecular flexibility index (Phi) is 3.98. The van der Waals surface area contributed by atoms with Gasteiger partial charge in [0.15, 0.2) is 5.78 Å². The van der Waals surface area contributed by atoms with E-state index in [1.807, 2.05) is 32.0 Å². The number of benzene rings is 2. The van der Waals surface area contributed by atoms with Crippen LogP contribution in [0.15, 0.2) is 47.4 Å². The number of Topliss-reactive ketones (excluding diaryl/α,β-unsaturated/α-hetero) is 1. The highest BCUT2D eigenvalue weighted by molar-refractivity contribution is 7.92. The van der Waals surface area contributed by atoms with Gasteiger partial charge < -0.3 is 0 Å². The molecule has 0 aliphatic carbocycles. The molecule has 2 aromatic rings. The molecule has 2 aromatic carbocycles. The lowest BCUT2D eigenvalue weighted by Gasteiger charge is -2.31. The van der Waals surface area contributed by atoms with Crippen LogP contribution < -0.4 is 4.31 Å². The number of anilines is 1. The summed E-state index contributed by atoms with van der Waals surface area (Å²) in [6.07, 6.45) is 1.07. The van der Waals surface area contributed by atoms with Crippen molar-refractivity contribution in [1.82, 2.24) is 0 Å². The van der Waals surface area contributed by atoms with E-state index in [0.29, 0.717) is 11.3 Å². The highest BCUT2D eigenvalue weighted by Gasteiger charge is 2.33. The predicted octanol–water partition coefficient (Wildman–Crippen LogP) is 3.34. The normalized spacial score (nSPS) is 14.7. The van der Waals surface area contributed by atoms with Gasteiger partial charge in [0.05, 0.1) is 10.6 Å². The number of para-hydroxylation sites is 1. The van der Waals surface area contributed by atoms with Crippen LogP contribution in [0.3, 0.4) is 0 Å². The van der Waals surface area contributed by atoms with Gasteiger partial charge in [-0.05, 0) is 42.7 Å². The Morgan fingerprint density at radius 3 is 2.43 bits per heavy atom. The maximum atomic E-state index is 13.0. The number of nitrogens with zero attached hydrogens (tertiary/aromatic N) is 1. The molecule has 23 heavy (non-hydrogen) atoms. The number of fused-ring (bicyclic) bond motifs is 1. The molecule has 0 radical (unpaired) electrons. The average Bonchev–Trinajstić information content (AvgIpc) is 2.56. The van der Waals surface area contributed by atoms with Gasteiger partial charge in [-0.15, -0.1) is 0 Å². The first-order chi connectivity index (χ1) is 10.9. The second kappa shape index (κ2) is 5.81. The van der Waals surface area contributed by atoms with Gasteiger partial charge in [0.2, 0.25) is 0 Å². The van der Waals surface area contributed by atoms with Crippen molar-refractivity contribution in [3.63, 3.8) is 0 Å². The summed E-state index contributed by atoms with van der Waals surface area (Å²) in [5, 5.41) is 0. The van der Waals surface area contributed by atoms with Gasteiger partial charge in [0.1, 0.15) is 0 Å². The summed E-state index contributed by atoms with van der Waals surface area (Å²) in [6.45, 7) is 4.05. The molecule has 0 amide bonds. The highest BCUT2D eigenvalue weighted by atomic mass is 32.2. The Balaban J connectivity index is 2.11. The molecule has 0 N–H and O–H groups in total. The molecule has 1 aliphatic heterocycles. The molecule has 0 spiro atoms. The molecular formula is C18H19NO3S. The molecule has 4 nitrogen and oxygen atoms in total. The largest absolute Gasteiger partial charge is 0.294 e. The summed E-state index contributed by atoms with van der Waals surface area (Å²) in [7, 11) is -3.67. The van der Waals surface area contributed by atoms with E-state index in [4.69, 9.17) is 0 Å². The molecule has 0 saturated carbocycles. The van der Waals surface area contributed by atoms with E-state index in [0.717, 1.165) is 17.5 Å². The maximum Gasteiger partial charge on any atom is 0.264 e. The van der Waals surface area contributed by atoms with Crippen molar-refractivity contribution < 1.29 is 13.2 Å². The van der Waals surface area contributed by atoms with Crippen molar-refractivity contribution in [2.45, 2.75) is 31.6 Å². The first-order valence-corrected chi connectivity index (χ1v) is 9.13. The topological polar surface area (TPSA) is 54.5 Å². The van der Waals surface area contributed by atoms with Gasteiger partial charge in [0, 0.05) is 18.5 Å². The maximum absolute atomic E-state index is 13.0. The second-order valence-electron chi connectivity index (χ2n) is 5.72. The van der Waals surface area contributed by atoms with Crippen LogP contribution in [0.4, 0.5) is 5.69 Å². The van der Waals surface area contributed by atoms with Gasteiger partial charge in [-0.1, -0.05) is 31.2 Å². The quantitative estimate of drug-likeness (QED) is 0.868. The second-order valence-corrected chi connectivity index (χ2v) is 7.58. The first-order valence-electron chi connectivity index (χ1n) is 7.69. The fourth-order valence-electron chi connectivity index (χ4n) is 2.93. The number of carbonyl (C=O) groups is 1. The number of carbonyl (C=O) groups excluding carboxylic acids is 1. The van der Waals surface area contributed by atoms with Gasteiger partial charge in [-0.3, -0.25) is 9.10 Å². The van der Waals surface area contributed by atoms with E-state index >= 15 is 0 Å². The number of hydrogen-bond donors (Lipinski definition) is 0. The van der Waals surface area contributed by atoms with Gasteiger partial charge in [-0.25, -0.2) is 8.42 Å². The van der Waals surface area contributed by atoms with E-state index in [1.165, 1.54) is 4.31 Å². The highest BCUT2D eigenvalue weighted by Crippen LogP contribution is 2.34. The number of rotatable bonds is 3. The summed E-state index contributed by atoms with van der Waals surface area (Å²) in [5.41, 5.74) is 2.90. The van der Waals surface area contributed by atoms with E-state index in [-0.39, 0.29) is 23.6 Å². The molecule has 0 aromatic heterocycles. The molecule has 1 heterocycles. The third-order valence-corrected chi connectivity index (χ3v) is 6.06. The van der Waals surface area contributed by atoms with Crippen LogP contribution in [0.5, 0.6) is 0 Å². The lowest BCUT2D eigenvalue weighted by molar-refractivity contribution is 0.0982. The Morgan fingerprint density at radius 1 is 1.09 bits per heavy atom. The molecule has 1 aliphatic rings. The van der Waals surface area contributed by atoms with Gasteiger partial charge in [-0.2, -0.15) is 0 Å². The predicted molar refractivity (Wildman–Crippen MR) is 90.5 cm³/mol. The summed E-state index contributed by atoms with van der Waals surface area (Å²) in [5.74, 6) is -0.00326. The average molecular weight is 329 g/mol. The fourth-order valence-corrected chi connectivity index (χ4v) is 4.48. The van der Waals surface area contributed by atoms with Crippen LogP contribution in [-0.2, 0) is 16.4 Å². The zero-order valence-electron chi connectivity index (χ0n) is 13.2. The molecule has 0 atom stereocenters. The van der Waals surface area contributed by atoms with Crippen LogP contribution in [0.1, 0.15) is 34.8 Å². The Morgan fingerprint density at radius 2 is 1.78 bits per heavy atom. The Labute approximate surface area is 136 Å². The summed E-state index contributed by atoms with van der Waals surface area (Å²) >= 11 is 0. The first kappa shape index (κ1) is 15.7. The van der Waals surface area contributed by atoms with Gasteiger partial charge >= 0.3 is 0 Å². The minimum absolute atomic E-state index is 0.00326. The summed E-state index contributed by atoms with van der Waals surface area (Å²) < 4.78 is 27.4.